The van der Waals surface area contributed by atoms with E-state index >= 15 is 0 Å². The van der Waals surface area contributed by atoms with E-state index in [4.69, 9.17) is 9.73 Å². The Bertz CT molecular complexity index is 832. The lowest BCUT2D eigenvalue weighted by atomic mass is 10.1. The van der Waals surface area contributed by atoms with Gasteiger partial charge < -0.3 is 20.3 Å². The molecule has 0 saturated carbocycles. The first kappa shape index (κ1) is 26.1. The van der Waals surface area contributed by atoms with Crippen LogP contribution in [0.2, 0.25) is 0 Å². The number of methoxy groups -OCH3 is 1. The number of carbonyl (C=O) groups is 1. The molecule has 0 radical (unpaired) electrons. The van der Waals surface area contributed by atoms with Gasteiger partial charge in [0, 0.05) is 45.6 Å². The van der Waals surface area contributed by atoms with Crippen molar-refractivity contribution in [3.05, 3.63) is 71.8 Å². The van der Waals surface area contributed by atoms with Gasteiger partial charge in [-0.3, -0.25) is 9.79 Å². The van der Waals surface area contributed by atoms with Crippen molar-refractivity contribution in [1.82, 2.24) is 15.5 Å². The van der Waals surface area contributed by atoms with Crippen LogP contribution in [-0.4, -0.2) is 56.6 Å². The lowest BCUT2D eigenvalue weighted by molar-refractivity contribution is -0.127. The number of nitrogens with zero attached hydrogens (tertiary/aromatic N) is 2. The zero-order valence-electron chi connectivity index (χ0n) is 19.0. The third kappa shape index (κ3) is 8.09. The summed E-state index contributed by atoms with van der Waals surface area (Å²) in [5, 5.41) is 6.70. The quantitative estimate of drug-likeness (QED) is 0.270. The van der Waals surface area contributed by atoms with Crippen molar-refractivity contribution in [2.24, 2.45) is 10.9 Å². The molecule has 1 aliphatic heterocycles. The molecule has 2 aromatic carbocycles. The topological polar surface area (TPSA) is 66.0 Å². The van der Waals surface area contributed by atoms with Crippen molar-refractivity contribution >= 4 is 35.8 Å². The molecule has 3 rings (SSSR count). The highest BCUT2D eigenvalue weighted by molar-refractivity contribution is 14.0. The van der Waals surface area contributed by atoms with E-state index in [0.717, 1.165) is 44.1 Å². The number of nitrogens with one attached hydrogen (secondary N) is 2. The molecule has 1 aliphatic rings. The van der Waals surface area contributed by atoms with E-state index in [9.17, 15) is 4.79 Å². The Hall–Kier alpha value is -2.13. The van der Waals surface area contributed by atoms with Crippen LogP contribution in [0, 0.1) is 5.92 Å². The van der Waals surface area contributed by atoms with E-state index in [1.165, 1.54) is 5.56 Å². The van der Waals surface area contributed by atoms with Gasteiger partial charge in [0.1, 0.15) is 6.10 Å². The van der Waals surface area contributed by atoms with Crippen molar-refractivity contribution in [2.75, 3.05) is 39.8 Å². The second kappa shape index (κ2) is 14.1. The third-order valence-electron chi connectivity index (χ3n) is 5.58. The number of guanidine groups is 1. The second-order valence-electron chi connectivity index (χ2n) is 7.88. The zero-order valence-corrected chi connectivity index (χ0v) is 21.3. The molecule has 2 atom stereocenters. The fourth-order valence-electron chi connectivity index (χ4n) is 3.86. The Morgan fingerprint density at radius 1 is 1.12 bits per heavy atom. The molecule has 1 amide bonds. The molecule has 0 aromatic heterocycles. The van der Waals surface area contributed by atoms with Gasteiger partial charge in [-0.25, -0.2) is 0 Å². The minimum absolute atomic E-state index is 0. The normalized spacial score (nSPS) is 17.1. The summed E-state index contributed by atoms with van der Waals surface area (Å²) in [4.78, 5) is 19.1. The first-order valence-corrected chi connectivity index (χ1v) is 11.1. The Morgan fingerprint density at radius 2 is 1.81 bits per heavy atom. The highest BCUT2D eigenvalue weighted by Crippen LogP contribution is 2.18. The van der Waals surface area contributed by atoms with Crippen LogP contribution in [0.5, 0.6) is 0 Å². The smallest absolute Gasteiger partial charge is 0.223 e. The Balaban J connectivity index is 0.00000363. The van der Waals surface area contributed by atoms with Gasteiger partial charge in [-0.15, -0.1) is 24.0 Å². The highest BCUT2D eigenvalue weighted by atomic mass is 127. The Morgan fingerprint density at radius 3 is 2.47 bits per heavy atom. The SMILES string of the molecule is CCNC(=NCC(OC)c1ccccc1)NCC1CC(=O)N(CCc2ccccc2)C1.I. The summed E-state index contributed by atoms with van der Waals surface area (Å²) in [6.45, 7) is 5.65. The van der Waals surface area contributed by atoms with Crippen molar-refractivity contribution in [3.63, 3.8) is 0 Å². The van der Waals surface area contributed by atoms with Crippen LogP contribution < -0.4 is 10.6 Å². The molecular weight excluding hydrogens is 515 g/mol. The predicted octanol–water partition coefficient (Wildman–Crippen LogP) is 3.64. The van der Waals surface area contributed by atoms with Crippen LogP contribution >= 0.6 is 24.0 Å². The fraction of sp³-hybridized carbons (Fsp3) is 0.440. The lowest BCUT2D eigenvalue weighted by Crippen LogP contribution is -2.40. The average molecular weight is 550 g/mol. The van der Waals surface area contributed by atoms with E-state index in [0.29, 0.717) is 18.9 Å². The fourth-order valence-corrected chi connectivity index (χ4v) is 3.86. The number of rotatable bonds is 10. The van der Waals surface area contributed by atoms with E-state index < -0.39 is 0 Å². The number of ether oxygens (including phenoxy) is 1. The van der Waals surface area contributed by atoms with Crippen molar-refractivity contribution < 1.29 is 9.53 Å². The summed E-state index contributed by atoms with van der Waals surface area (Å²) in [6, 6.07) is 20.5. The number of likely N-dealkylation sites (tertiary alicyclic amines) is 1. The largest absolute Gasteiger partial charge is 0.375 e. The van der Waals surface area contributed by atoms with Crippen molar-refractivity contribution in [2.45, 2.75) is 25.9 Å². The molecule has 6 nitrogen and oxygen atoms in total. The third-order valence-corrected chi connectivity index (χ3v) is 5.58. The van der Waals surface area contributed by atoms with Gasteiger partial charge in [0.25, 0.3) is 0 Å². The molecule has 2 unspecified atom stereocenters. The van der Waals surface area contributed by atoms with Crippen molar-refractivity contribution in [3.8, 4) is 0 Å². The van der Waals surface area contributed by atoms with Crippen LogP contribution in [-0.2, 0) is 16.0 Å². The lowest BCUT2D eigenvalue weighted by Gasteiger charge is -2.18. The summed E-state index contributed by atoms with van der Waals surface area (Å²) in [5.74, 6) is 1.29. The minimum Gasteiger partial charge on any atom is -0.375 e. The van der Waals surface area contributed by atoms with Gasteiger partial charge in [0.05, 0.1) is 6.54 Å². The maximum absolute atomic E-state index is 12.4. The first-order chi connectivity index (χ1) is 15.2. The van der Waals surface area contributed by atoms with E-state index in [-0.39, 0.29) is 36.0 Å². The molecule has 7 heteroatoms. The molecule has 1 saturated heterocycles. The van der Waals surface area contributed by atoms with Crippen LogP contribution in [0.4, 0.5) is 0 Å². The number of benzene rings is 2. The number of aliphatic imine (C=N–C) groups is 1. The molecule has 2 aromatic rings. The van der Waals surface area contributed by atoms with Gasteiger partial charge in [-0.2, -0.15) is 0 Å². The molecule has 32 heavy (non-hydrogen) atoms. The molecule has 1 heterocycles. The van der Waals surface area contributed by atoms with Gasteiger partial charge in [0.2, 0.25) is 5.91 Å². The monoisotopic (exact) mass is 550 g/mol. The molecule has 0 aliphatic carbocycles. The molecule has 1 fully saturated rings. The summed E-state index contributed by atoms with van der Waals surface area (Å²) in [6.07, 6.45) is 1.40. The summed E-state index contributed by atoms with van der Waals surface area (Å²) in [5.41, 5.74) is 2.38. The number of hydrogen-bond acceptors (Lipinski definition) is 3. The average Bonchev–Trinajstić information content (AvgIpc) is 3.17. The molecule has 174 valence electrons. The Labute approximate surface area is 208 Å². The summed E-state index contributed by atoms with van der Waals surface area (Å²) in [7, 11) is 1.71. The maximum Gasteiger partial charge on any atom is 0.223 e. The van der Waals surface area contributed by atoms with Crippen LogP contribution in [0.1, 0.15) is 30.6 Å². The van der Waals surface area contributed by atoms with E-state index in [1.807, 2.05) is 48.2 Å². The predicted molar refractivity (Wildman–Crippen MR) is 140 cm³/mol. The maximum atomic E-state index is 12.4. The van der Waals surface area contributed by atoms with Gasteiger partial charge in [-0.1, -0.05) is 60.7 Å². The van der Waals surface area contributed by atoms with Crippen LogP contribution in [0.15, 0.2) is 65.7 Å². The minimum atomic E-state index is -0.0850. The molecule has 0 spiro atoms. The molecule has 0 bridgehead atoms. The van der Waals surface area contributed by atoms with Gasteiger partial charge >= 0.3 is 0 Å². The Kier molecular flexibility index (Phi) is 11.5. The number of amides is 1. The first-order valence-electron chi connectivity index (χ1n) is 11.1. The van der Waals surface area contributed by atoms with Crippen LogP contribution in [0.25, 0.3) is 0 Å². The van der Waals surface area contributed by atoms with Crippen molar-refractivity contribution in [1.29, 1.82) is 0 Å². The number of carbonyl (C=O) groups excluding carboxylic acids is 1. The summed E-state index contributed by atoms with van der Waals surface area (Å²) < 4.78 is 5.62. The van der Waals surface area contributed by atoms with Gasteiger partial charge in [0.15, 0.2) is 5.96 Å². The standard InChI is InChI=1S/C25H34N4O2.HI/c1-3-26-25(28-18-23(31-2)22-12-8-5-9-13-22)27-17-21-16-24(30)29(19-21)15-14-20-10-6-4-7-11-20;/h4-13,21,23H,3,14-19H2,1-2H3,(H2,26,27,28);1H. The highest BCUT2D eigenvalue weighted by Gasteiger charge is 2.29. The zero-order chi connectivity index (χ0) is 21.9. The van der Waals surface area contributed by atoms with E-state index in [1.54, 1.807) is 7.11 Å². The number of hydrogen-bond donors (Lipinski definition) is 2. The molecule has 2 N–H and O–H groups in total. The van der Waals surface area contributed by atoms with Gasteiger partial charge in [-0.05, 0) is 24.5 Å². The molecular formula is C25H35IN4O2. The van der Waals surface area contributed by atoms with Crippen LogP contribution in [0.3, 0.4) is 0 Å². The van der Waals surface area contributed by atoms with E-state index in [2.05, 4.69) is 34.9 Å². The number of halogens is 1. The second-order valence-corrected chi connectivity index (χ2v) is 7.88. The summed E-state index contributed by atoms with van der Waals surface area (Å²) >= 11 is 0.